The fraction of sp³-hybridized carbons (Fsp3) is 0.600. The highest BCUT2D eigenvalue weighted by molar-refractivity contribution is 5.35. The molecule has 0 bridgehead atoms. The third kappa shape index (κ3) is 2.58. The average Bonchev–Trinajstić information content (AvgIpc) is 2.89. The molecular formula is C15H24N2O. The largest absolute Gasteiger partial charge is 0.380 e. The standard InChI is InChI=1S/C15H24N2O/c1-11-5-4-6-14(12(11)2)15(9-16)17(3)13-7-8-18-10-13/h4-6,13,15H,7-10,16H2,1-3H3. The Bertz CT molecular complexity index is 399. The molecule has 2 rings (SSSR count). The molecule has 1 aliphatic heterocycles. The molecule has 1 saturated heterocycles. The Morgan fingerprint density at radius 1 is 1.44 bits per heavy atom. The van der Waals surface area contributed by atoms with Crippen LogP contribution in [0.1, 0.15) is 29.2 Å². The highest BCUT2D eigenvalue weighted by Crippen LogP contribution is 2.27. The van der Waals surface area contributed by atoms with Gasteiger partial charge in [0.25, 0.3) is 0 Å². The Hall–Kier alpha value is -0.900. The fourth-order valence-electron chi connectivity index (χ4n) is 2.75. The molecule has 1 heterocycles. The van der Waals surface area contributed by atoms with E-state index in [1.54, 1.807) is 0 Å². The Kier molecular flexibility index (Phi) is 4.38. The van der Waals surface area contributed by atoms with Crippen LogP contribution in [-0.4, -0.2) is 37.7 Å². The van der Waals surface area contributed by atoms with Crippen LogP contribution in [0.3, 0.4) is 0 Å². The summed E-state index contributed by atoms with van der Waals surface area (Å²) in [5, 5.41) is 0. The molecule has 0 radical (unpaired) electrons. The van der Waals surface area contributed by atoms with Gasteiger partial charge in [-0.1, -0.05) is 18.2 Å². The van der Waals surface area contributed by atoms with Gasteiger partial charge in [0.05, 0.1) is 6.61 Å². The average molecular weight is 248 g/mol. The first-order valence-corrected chi connectivity index (χ1v) is 6.71. The van der Waals surface area contributed by atoms with Crippen molar-refractivity contribution in [3.63, 3.8) is 0 Å². The van der Waals surface area contributed by atoms with Gasteiger partial charge in [-0.3, -0.25) is 4.90 Å². The Labute approximate surface area is 110 Å². The summed E-state index contributed by atoms with van der Waals surface area (Å²) in [5.41, 5.74) is 10.1. The topological polar surface area (TPSA) is 38.5 Å². The Morgan fingerprint density at radius 2 is 2.22 bits per heavy atom. The third-order valence-corrected chi connectivity index (χ3v) is 4.20. The molecule has 1 aliphatic rings. The van der Waals surface area contributed by atoms with Crippen LogP contribution in [0.15, 0.2) is 18.2 Å². The maximum atomic E-state index is 6.01. The summed E-state index contributed by atoms with van der Waals surface area (Å²) in [6.07, 6.45) is 1.11. The second-order valence-corrected chi connectivity index (χ2v) is 5.22. The normalized spacial score (nSPS) is 21.5. The smallest absolute Gasteiger partial charge is 0.0622 e. The maximum Gasteiger partial charge on any atom is 0.0622 e. The van der Waals surface area contributed by atoms with Crippen LogP contribution in [0.25, 0.3) is 0 Å². The molecule has 0 spiro atoms. The van der Waals surface area contributed by atoms with Gasteiger partial charge in [-0.05, 0) is 44.0 Å². The van der Waals surface area contributed by atoms with Crippen molar-refractivity contribution in [2.45, 2.75) is 32.4 Å². The van der Waals surface area contributed by atoms with Crippen LogP contribution in [0, 0.1) is 13.8 Å². The zero-order valence-corrected chi connectivity index (χ0v) is 11.6. The van der Waals surface area contributed by atoms with E-state index in [-0.39, 0.29) is 6.04 Å². The van der Waals surface area contributed by atoms with Crippen molar-refractivity contribution in [1.82, 2.24) is 4.90 Å². The second kappa shape index (κ2) is 5.83. The van der Waals surface area contributed by atoms with Crippen LogP contribution in [0.4, 0.5) is 0 Å². The number of likely N-dealkylation sites (N-methyl/N-ethyl adjacent to an activating group) is 1. The van der Waals surface area contributed by atoms with Gasteiger partial charge in [0.2, 0.25) is 0 Å². The lowest BCUT2D eigenvalue weighted by Crippen LogP contribution is -2.39. The highest BCUT2D eigenvalue weighted by atomic mass is 16.5. The van der Waals surface area contributed by atoms with Crippen LogP contribution >= 0.6 is 0 Å². The predicted molar refractivity (Wildman–Crippen MR) is 74.7 cm³/mol. The van der Waals surface area contributed by atoms with Gasteiger partial charge < -0.3 is 10.5 Å². The molecule has 100 valence electrons. The van der Waals surface area contributed by atoms with Crippen molar-refractivity contribution in [2.24, 2.45) is 5.73 Å². The monoisotopic (exact) mass is 248 g/mol. The molecule has 18 heavy (non-hydrogen) atoms. The minimum absolute atomic E-state index is 0.289. The third-order valence-electron chi connectivity index (χ3n) is 4.20. The number of aryl methyl sites for hydroxylation is 1. The van der Waals surface area contributed by atoms with Gasteiger partial charge in [-0.25, -0.2) is 0 Å². The SMILES string of the molecule is Cc1cccc(C(CN)N(C)C2CCOC2)c1C. The molecule has 1 aromatic rings. The number of rotatable bonds is 4. The van der Waals surface area contributed by atoms with Gasteiger partial charge >= 0.3 is 0 Å². The molecule has 1 aromatic carbocycles. The lowest BCUT2D eigenvalue weighted by molar-refractivity contribution is 0.134. The molecular weight excluding hydrogens is 224 g/mol. The number of ether oxygens (including phenoxy) is 1. The number of hydrogen-bond acceptors (Lipinski definition) is 3. The quantitative estimate of drug-likeness (QED) is 0.886. The number of nitrogens with two attached hydrogens (primary N) is 1. The van der Waals surface area contributed by atoms with Crippen LogP contribution in [0.5, 0.6) is 0 Å². The van der Waals surface area contributed by atoms with Crippen molar-refractivity contribution in [1.29, 1.82) is 0 Å². The summed E-state index contributed by atoms with van der Waals surface area (Å²) < 4.78 is 5.48. The van der Waals surface area contributed by atoms with E-state index in [2.05, 4.69) is 44.0 Å². The molecule has 2 unspecified atom stereocenters. The van der Waals surface area contributed by atoms with Crippen molar-refractivity contribution >= 4 is 0 Å². The van der Waals surface area contributed by atoms with Crippen molar-refractivity contribution < 1.29 is 4.74 Å². The molecule has 0 aliphatic carbocycles. The highest BCUT2D eigenvalue weighted by Gasteiger charge is 2.27. The minimum atomic E-state index is 0.289. The Balaban J connectivity index is 2.24. The zero-order chi connectivity index (χ0) is 13.1. The van der Waals surface area contributed by atoms with Crippen LogP contribution < -0.4 is 5.73 Å². The summed E-state index contributed by atoms with van der Waals surface area (Å²) in [6.45, 7) is 6.70. The summed E-state index contributed by atoms with van der Waals surface area (Å²) in [4.78, 5) is 2.38. The van der Waals surface area contributed by atoms with Crippen LogP contribution in [0.2, 0.25) is 0 Å². The number of benzene rings is 1. The van der Waals surface area contributed by atoms with E-state index in [4.69, 9.17) is 10.5 Å². The lowest BCUT2D eigenvalue weighted by atomic mass is 9.95. The summed E-state index contributed by atoms with van der Waals surface area (Å²) in [6, 6.07) is 7.27. The molecule has 3 nitrogen and oxygen atoms in total. The summed E-state index contributed by atoms with van der Waals surface area (Å²) in [7, 11) is 2.17. The van der Waals surface area contributed by atoms with E-state index >= 15 is 0 Å². The van der Waals surface area contributed by atoms with E-state index in [9.17, 15) is 0 Å². The van der Waals surface area contributed by atoms with Crippen molar-refractivity contribution in [2.75, 3.05) is 26.8 Å². The van der Waals surface area contributed by atoms with Gasteiger partial charge in [0.15, 0.2) is 0 Å². The van der Waals surface area contributed by atoms with E-state index in [1.807, 2.05) is 0 Å². The molecule has 2 atom stereocenters. The lowest BCUT2D eigenvalue weighted by Gasteiger charge is -2.33. The molecule has 3 heteroatoms. The number of nitrogens with zero attached hydrogens (tertiary/aromatic N) is 1. The van der Waals surface area contributed by atoms with Gasteiger partial charge in [0.1, 0.15) is 0 Å². The minimum Gasteiger partial charge on any atom is -0.380 e. The Morgan fingerprint density at radius 3 is 2.83 bits per heavy atom. The molecule has 0 aromatic heterocycles. The van der Waals surface area contributed by atoms with Gasteiger partial charge in [-0.15, -0.1) is 0 Å². The van der Waals surface area contributed by atoms with E-state index in [0.717, 1.165) is 19.6 Å². The first-order valence-electron chi connectivity index (χ1n) is 6.71. The van der Waals surface area contributed by atoms with Crippen LogP contribution in [-0.2, 0) is 4.74 Å². The molecule has 2 N–H and O–H groups in total. The molecule has 0 amide bonds. The first-order chi connectivity index (χ1) is 8.65. The van der Waals surface area contributed by atoms with E-state index in [0.29, 0.717) is 12.6 Å². The second-order valence-electron chi connectivity index (χ2n) is 5.22. The summed E-state index contributed by atoms with van der Waals surface area (Å²) in [5.74, 6) is 0. The predicted octanol–water partition coefficient (Wildman–Crippen LogP) is 2.02. The molecule has 0 saturated carbocycles. The molecule has 1 fully saturated rings. The first kappa shape index (κ1) is 13.5. The van der Waals surface area contributed by atoms with Gasteiger partial charge in [-0.2, -0.15) is 0 Å². The maximum absolute atomic E-state index is 6.01. The zero-order valence-electron chi connectivity index (χ0n) is 11.6. The van der Waals surface area contributed by atoms with E-state index in [1.165, 1.54) is 16.7 Å². The fourth-order valence-corrected chi connectivity index (χ4v) is 2.75. The van der Waals surface area contributed by atoms with Crippen molar-refractivity contribution in [3.8, 4) is 0 Å². The summed E-state index contributed by atoms with van der Waals surface area (Å²) >= 11 is 0. The van der Waals surface area contributed by atoms with Gasteiger partial charge in [0, 0.05) is 25.2 Å². The van der Waals surface area contributed by atoms with Crippen molar-refractivity contribution in [3.05, 3.63) is 34.9 Å². The van der Waals surface area contributed by atoms with E-state index < -0.39 is 0 Å². The number of hydrogen-bond donors (Lipinski definition) is 1.